The molecule has 2 aliphatic heterocycles. The maximum Gasteiger partial charge on any atom is 0.257 e. The van der Waals surface area contributed by atoms with Crippen molar-refractivity contribution < 1.29 is 14.3 Å². The van der Waals surface area contributed by atoms with Crippen LogP contribution in [0, 0.1) is 0 Å². The smallest absolute Gasteiger partial charge is 0.257 e. The van der Waals surface area contributed by atoms with Gasteiger partial charge in [0.1, 0.15) is 0 Å². The molecule has 3 heterocycles. The number of hydrogen-bond donors (Lipinski definition) is 1. The van der Waals surface area contributed by atoms with Crippen LogP contribution in [0.15, 0.2) is 35.8 Å². The Hall–Kier alpha value is -2.29. The van der Waals surface area contributed by atoms with Crippen molar-refractivity contribution in [2.24, 2.45) is 0 Å². The average molecular weight is 429 g/mol. The number of thiazole rings is 1. The molecule has 0 radical (unpaired) electrons. The summed E-state index contributed by atoms with van der Waals surface area (Å²) in [6, 6.07) is 7.91. The molecule has 4 rings (SSSR count). The second-order valence-corrected chi connectivity index (χ2v) is 8.64. The zero-order valence-electron chi connectivity index (χ0n) is 17.3. The fourth-order valence-electron chi connectivity index (χ4n) is 3.99. The van der Waals surface area contributed by atoms with E-state index in [9.17, 15) is 9.59 Å². The molecule has 1 N–H and O–H groups in total. The normalized spacial score (nSPS) is 21.3. The van der Waals surface area contributed by atoms with Crippen molar-refractivity contribution >= 4 is 28.3 Å². The molecule has 0 spiro atoms. The number of nitrogens with one attached hydrogen (secondary N) is 1. The molecule has 0 bridgehead atoms. The molecular weight excluding hydrogens is 400 g/mol. The maximum atomic E-state index is 12.4. The van der Waals surface area contributed by atoms with Gasteiger partial charge in [0.25, 0.3) is 5.91 Å². The number of likely N-dealkylation sites (tertiary alicyclic amines) is 1. The van der Waals surface area contributed by atoms with Gasteiger partial charge >= 0.3 is 0 Å². The highest BCUT2D eigenvalue weighted by Gasteiger charge is 2.30. The van der Waals surface area contributed by atoms with E-state index in [1.54, 1.807) is 6.20 Å². The van der Waals surface area contributed by atoms with E-state index in [0.29, 0.717) is 29.9 Å². The van der Waals surface area contributed by atoms with Crippen molar-refractivity contribution in [1.29, 1.82) is 0 Å². The minimum absolute atomic E-state index is 0.0204. The lowest BCUT2D eigenvalue weighted by molar-refractivity contribution is -0.137. The van der Waals surface area contributed by atoms with E-state index in [4.69, 9.17) is 4.74 Å². The molecule has 30 heavy (non-hydrogen) atoms. The van der Waals surface area contributed by atoms with Gasteiger partial charge in [-0.1, -0.05) is 19.1 Å². The van der Waals surface area contributed by atoms with Crippen LogP contribution >= 0.6 is 11.3 Å². The molecule has 2 aliphatic rings. The molecule has 160 valence electrons. The van der Waals surface area contributed by atoms with Gasteiger partial charge in [-0.15, -0.1) is 11.3 Å². The van der Waals surface area contributed by atoms with E-state index >= 15 is 0 Å². The lowest BCUT2D eigenvalue weighted by atomic mass is 9.95. The Morgan fingerprint density at radius 3 is 2.73 bits per heavy atom. The van der Waals surface area contributed by atoms with Crippen LogP contribution in [0.4, 0.5) is 5.13 Å². The van der Waals surface area contributed by atoms with Crippen LogP contribution in [0.2, 0.25) is 0 Å². The van der Waals surface area contributed by atoms with E-state index in [0.717, 1.165) is 44.5 Å². The number of carbonyl (C=O) groups excluding carboxylic acids is 2. The highest BCUT2D eigenvalue weighted by Crippen LogP contribution is 2.31. The molecule has 1 aromatic heterocycles. The van der Waals surface area contributed by atoms with Gasteiger partial charge in [0.15, 0.2) is 5.13 Å². The number of rotatable bonds is 7. The highest BCUT2D eigenvalue weighted by atomic mass is 32.1. The van der Waals surface area contributed by atoms with Crippen LogP contribution in [-0.4, -0.2) is 65.4 Å². The van der Waals surface area contributed by atoms with Gasteiger partial charge in [0.2, 0.25) is 5.91 Å². The summed E-state index contributed by atoms with van der Waals surface area (Å²) < 4.78 is 6.03. The third kappa shape index (κ3) is 4.88. The number of hydrogen-bond acceptors (Lipinski definition) is 6. The van der Waals surface area contributed by atoms with Gasteiger partial charge in [-0.05, 0) is 43.5 Å². The molecule has 2 amide bonds. The first kappa shape index (κ1) is 21.0. The first-order valence-corrected chi connectivity index (χ1v) is 11.5. The zero-order chi connectivity index (χ0) is 20.9. The molecule has 2 atom stereocenters. The van der Waals surface area contributed by atoms with Gasteiger partial charge in [-0.3, -0.25) is 19.8 Å². The fourth-order valence-corrected chi connectivity index (χ4v) is 4.51. The van der Waals surface area contributed by atoms with Crippen LogP contribution in [-0.2, 0) is 9.53 Å². The van der Waals surface area contributed by atoms with Crippen molar-refractivity contribution in [1.82, 2.24) is 14.8 Å². The second-order valence-electron chi connectivity index (χ2n) is 7.75. The average Bonchev–Trinajstić information content (AvgIpc) is 3.24. The van der Waals surface area contributed by atoms with E-state index < -0.39 is 0 Å². The Bertz CT molecular complexity index is 852. The van der Waals surface area contributed by atoms with Crippen molar-refractivity contribution in [3.63, 3.8) is 0 Å². The third-order valence-corrected chi connectivity index (χ3v) is 6.61. The lowest BCUT2D eigenvalue weighted by Crippen LogP contribution is -2.50. The summed E-state index contributed by atoms with van der Waals surface area (Å²) >= 11 is 1.39. The van der Waals surface area contributed by atoms with Crippen molar-refractivity contribution in [2.75, 3.05) is 38.1 Å². The van der Waals surface area contributed by atoms with E-state index in [-0.39, 0.29) is 17.9 Å². The molecule has 2 saturated heterocycles. The minimum atomic E-state index is -0.166. The van der Waals surface area contributed by atoms with Gasteiger partial charge in [0.05, 0.1) is 12.6 Å². The molecule has 2 aromatic rings. The number of nitrogens with zero attached hydrogens (tertiary/aromatic N) is 3. The Morgan fingerprint density at radius 2 is 2.10 bits per heavy atom. The molecule has 0 unspecified atom stereocenters. The van der Waals surface area contributed by atoms with E-state index in [1.165, 1.54) is 11.3 Å². The predicted molar refractivity (Wildman–Crippen MR) is 117 cm³/mol. The molecule has 7 nitrogen and oxygen atoms in total. The number of carbonyl (C=O) groups is 2. The number of likely N-dealkylation sites (N-methyl/N-ethyl adjacent to an activating group) is 1. The number of amides is 2. The van der Waals surface area contributed by atoms with Crippen LogP contribution in [0.5, 0.6) is 0 Å². The topological polar surface area (TPSA) is 74.8 Å². The van der Waals surface area contributed by atoms with Crippen molar-refractivity contribution in [3.8, 4) is 0 Å². The number of benzene rings is 1. The quantitative estimate of drug-likeness (QED) is 0.733. The van der Waals surface area contributed by atoms with Gasteiger partial charge in [-0.25, -0.2) is 4.98 Å². The van der Waals surface area contributed by atoms with Crippen LogP contribution in [0.3, 0.4) is 0 Å². The fraction of sp³-hybridized carbons (Fsp3) is 0.500. The minimum Gasteiger partial charge on any atom is -0.373 e. The van der Waals surface area contributed by atoms with Crippen molar-refractivity contribution in [3.05, 3.63) is 47.0 Å². The predicted octanol–water partition coefficient (Wildman–Crippen LogP) is 3.17. The summed E-state index contributed by atoms with van der Waals surface area (Å²) in [4.78, 5) is 33.1. The number of aromatic nitrogens is 1. The summed E-state index contributed by atoms with van der Waals surface area (Å²) in [5.74, 6) is 0.0716. The number of ether oxygens (including phenoxy) is 1. The van der Waals surface area contributed by atoms with Crippen LogP contribution in [0.25, 0.3) is 0 Å². The van der Waals surface area contributed by atoms with Gasteiger partial charge in [-0.2, -0.15) is 0 Å². The van der Waals surface area contributed by atoms with E-state index in [1.807, 2.05) is 34.5 Å². The lowest BCUT2D eigenvalue weighted by Gasteiger charge is -2.39. The second kappa shape index (κ2) is 9.68. The summed E-state index contributed by atoms with van der Waals surface area (Å²) in [6.07, 6.45) is 4.55. The molecular formula is C22H28N4O3S. The first-order chi connectivity index (χ1) is 14.6. The summed E-state index contributed by atoms with van der Waals surface area (Å²) in [5.41, 5.74) is 1.66. The Morgan fingerprint density at radius 1 is 1.30 bits per heavy atom. The standard InChI is InChI=1S/C22H28N4O3S/c1-2-25(15-20(27)26-10-3-11-26)18-8-12-29-19(14-18)16-4-6-17(7-5-16)21(28)24-22-23-9-13-30-22/h4-7,9,13,18-19H,2-3,8,10-12,14-15H2,1H3,(H,23,24,28)/t18-,19+/m1/s1. The zero-order valence-corrected chi connectivity index (χ0v) is 18.1. The Labute approximate surface area is 181 Å². The SMILES string of the molecule is CCN(CC(=O)N1CCC1)[C@@H]1CCO[C@H](c2ccc(C(=O)Nc3nccs3)cc2)C1. The molecule has 0 aliphatic carbocycles. The molecule has 2 fully saturated rings. The van der Waals surface area contributed by atoms with Gasteiger partial charge < -0.3 is 9.64 Å². The van der Waals surface area contributed by atoms with Crippen molar-refractivity contribution in [2.45, 2.75) is 38.3 Å². The van der Waals surface area contributed by atoms with Crippen LogP contribution < -0.4 is 5.32 Å². The molecule has 1 aromatic carbocycles. The summed E-state index contributed by atoms with van der Waals surface area (Å²) in [7, 11) is 0. The highest BCUT2D eigenvalue weighted by molar-refractivity contribution is 7.13. The van der Waals surface area contributed by atoms with E-state index in [2.05, 4.69) is 22.1 Å². The summed E-state index contributed by atoms with van der Waals surface area (Å²) in [6.45, 7) is 5.93. The largest absolute Gasteiger partial charge is 0.373 e. The van der Waals surface area contributed by atoms with Gasteiger partial charge in [0, 0.05) is 42.9 Å². The van der Waals surface area contributed by atoms with Crippen LogP contribution in [0.1, 0.15) is 48.2 Å². The Balaban J connectivity index is 1.36. The Kier molecular flexibility index (Phi) is 6.76. The third-order valence-electron chi connectivity index (χ3n) is 5.92. The molecule has 8 heteroatoms. The molecule has 0 saturated carbocycles. The maximum absolute atomic E-state index is 12.4. The first-order valence-electron chi connectivity index (χ1n) is 10.6. The number of anilines is 1. The monoisotopic (exact) mass is 428 g/mol. The summed E-state index contributed by atoms with van der Waals surface area (Å²) in [5, 5.41) is 5.22.